The van der Waals surface area contributed by atoms with Crippen LogP contribution in [-0.4, -0.2) is 41.6 Å². The normalized spacial score (nSPS) is 16.0. The van der Waals surface area contributed by atoms with Gasteiger partial charge in [-0.15, -0.1) is 0 Å². The fourth-order valence-electron chi connectivity index (χ4n) is 6.32. The Labute approximate surface area is 253 Å². The first kappa shape index (κ1) is 28.9. The SMILES string of the molecule is CCCc1nc(CC)n(-c2ccc(N3CCC4(CC3)OCCO4)cc2)c(=O)c1Cc1ccc(-c2ccccc2C#N)cc1. The van der Waals surface area contributed by atoms with E-state index in [-0.39, 0.29) is 5.56 Å². The molecule has 1 spiro atoms. The smallest absolute Gasteiger partial charge is 0.261 e. The van der Waals surface area contributed by atoms with E-state index in [1.54, 1.807) is 4.57 Å². The first-order valence-corrected chi connectivity index (χ1v) is 15.4. The topological polar surface area (TPSA) is 80.4 Å². The number of aromatic nitrogens is 2. The Kier molecular flexibility index (Phi) is 8.42. The van der Waals surface area contributed by atoms with Crippen molar-refractivity contribution in [3.63, 3.8) is 0 Å². The number of hydrogen-bond acceptors (Lipinski definition) is 6. The minimum absolute atomic E-state index is 0.00241. The Morgan fingerprint density at radius 2 is 1.58 bits per heavy atom. The third-order valence-electron chi connectivity index (χ3n) is 8.64. The molecule has 3 aromatic carbocycles. The second-order valence-electron chi connectivity index (χ2n) is 11.3. The number of anilines is 1. The molecule has 1 aromatic heterocycles. The van der Waals surface area contributed by atoms with Crippen LogP contribution in [0.3, 0.4) is 0 Å². The molecule has 3 heterocycles. The Morgan fingerprint density at radius 1 is 0.907 bits per heavy atom. The van der Waals surface area contributed by atoms with E-state index in [0.717, 1.165) is 83.9 Å². The Morgan fingerprint density at radius 3 is 2.23 bits per heavy atom. The van der Waals surface area contributed by atoms with E-state index in [0.29, 0.717) is 31.6 Å². The van der Waals surface area contributed by atoms with Crippen molar-refractivity contribution >= 4 is 5.69 Å². The van der Waals surface area contributed by atoms with Crippen LogP contribution in [0.15, 0.2) is 77.6 Å². The predicted molar refractivity (Wildman–Crippen MR) is 169 cm³/mol. The van der Waals surface area contributed by atoms with Gasteiger partial charge in [0.1, 0.15) is 5.82 Å². The highest BCUT2D eigenvalue weighted by atomic mass is 16.7. The summed E-state index contributed by atoms with van der Waals surface area (Å²) in [6.07, 6.45) is 4.55. The third-order valence-corrected chi connectivity index (χ3v) is 8.64. The summed E-state index contributed by atoms with van der Waals surface area (Å²) >= 11 is 0. The van der Waals surface area contributed by atoms with Gasteiger partial charge in [-0.25, -0.2) is 4.98 Å². The molecule has 220 valence electrons. The number of ether oxygens (including phenoxy) is 2. The molecule has 0 unspecified atom stereocenters. The van der Waals surface area contributed by atoms with Gasteiger partial charge in [-0.05, 0) is 53.4 Å². The first-order chi connectivity index (χ1) is 21.0. The van der Waals surface area contributed by atoms with Crippen LogP contribution in [0, 0.1) is 11.3 Å². The lowest BCUT2D eigenvalue weighted by Gasteiger charge is -2.38. The van der Waals surface area contributed by atoms with E-state index in [1.807, 2.05) is 48.5 Å². The summed E-state index contributed by atoms with van der Waals surface area (Å²) in [6.45, 7) is 7.28. The summed E-state index contributed by atoms with van der Waals surface area (Å²) in [5, 5.41) is 9.52. The molecule has 0 amide bonds. The maximum absolute atomic E-state index is 14.2. The van der Waals surface area contributed by atoms with Gasteiger partial charge < -0.3 is 14.4 Å². The fourth-order valence-corrected chi connectivity index (χ4v) is 6.32. The van der Waals surface area contributed by atoms with Gasteiger partial charge in [0.2, 0.25) is 0 Å². The predicted octanol–water partition coefficient (Wildman–Crippen LogP) is 6.22. The van der Waals surface area contributed by atoms with Crippen LogP contribution in [0.5, 0.6) is 0 Å². The fraction of sp³-hybridized carbons (Fsp3) is 0.361. The van der Waals surface area contributed by atoms with E-state index in [2.05, 4.69) is 49.1 Å². The van der Waals surface area contributed by atoms with E-state index < -0.39 is 5.79 Å². The van der Waals surface area contributed by atoms with Crippen molar-refractivity contribution in [2.45, 2.75) is 58.2 Å². The van der Waals surface area contributed by atoms with E-state index in [9.17, 15) is 10.1 Å². The van der Waals surface area contributed by atoms with E-state index in [1.165, 1.54) is 0 Å². The molecule has 0 bridgehead atoms. The van der Waals surface area contributed by atoms with Gasteiger partial charge in [0, 0.05) is 50.0 Å². The number of piperidine rings is 1. The number of hydrogen-bond donors (Lipinski definition) is 0. The molecule has 4 aromatic rings. The highest BCUT2D eigenvalue weighted by molar-refractivity contribution is 5.70. The second kappa shape index (κ2) is 12.5. The average molecular weight is 575 g/mol. The van der Waals surface area contributed by atoms with Crippen molar-refractivity contribution in [2.24, 2.45) is 0 Å². The van der Waals surface area contributed by atoms with Gasteiger partial charge in [0.15, 0.2) is 5.79 Å². The van der Waals surface area contributed by atoms with Crippen molar-refractivity contribution < 1.29 is 9.47 Å². The zero-order valence-electron chi connectivity index (χ0n) is 25.0. The standard InChI is InChI=1S/C36H38N4O3/c1-3-7-33-32(24-26-10-12-27(13-11-26)31-9-6-5-8-28(31)25-37)35(41)40(34(4-2)38-33)30-16-14-29(15-17-30)39-20-18-36(19-21-39)42-22-23-43-36/h5-6,8-17H,3-4,7,18-24H2,1-2H3. The van der Waals surface area contributed by atoms with Gasteiger partial charge in [-0.1, -0.05) is 62.7 Å². The van der Waals surface area contributed by atoms with Gasteiger partial charge in [0.05, 0.1) is 36.2 Å². The van der Waals surface area contributed by atoms with Gasteiger partial charge >= 0.3 is 0 Å². The van der Waals surface area contributed by atoms with Crippen LogP contribution < -0.4 is 10.5 Å². The van der Waals surface area contributed by atoms with Crippen molar-refractivity contribution in [1.82, 2.24) is 9.55 Å². The molecule has 0 radical (unpaired) electrons. The van der Waals surface area contributed by atoms with Gasteiger partial charge in [0.25, 0.3) is 5.56 Å². The van der Waals surface area contributed by atoms with Crippen molar-refractivity contribution in [3.05, 3.63) is 111 Å². The molecule has 0 aliphatic carbocycles. The summed E-state index contributed by atoms with van der Waals surface area (Å²) in [7, 11) is 0. The molecule has 2 aliphatic heterocycles. The minimum Gasteiger partial charge on any atom is -0.371 e. The highest BCUT2D eigenvalue weighted by Gasteiger charge is 2.39. The van der Waals surface area contributed by atoms with Crippen LogP contribution in [0.25, 0.3) is 16.8 Å². The molecule has 0 atom stereocenters. The lowest BCUT2D eigenvalue weighted by atomic mass is 9.97. The molecular formula is C36H38N4O3. The lowest BCUT2D eigenvalue weighted by Crippen LogP contribution is -2.45. The summed E-state index contributed by atoms with van der Waals surface area (Å²) < 4.78 is 13.6. The van der Waals surface area contributed by atoms with Crippen LogP contribution in [0.1, 0.15) is 61.3 Å². The molecule has 7 nitrogen and oxygen atoms in total. The van der Waals surface area contributed by atoms with E-state index in [4.69, 9.17) is 14.5 Å². The zero-order valence-corrected chi connectivity index (χ0v) is 25.0. The van der Waals surface area contributed by atoms with Crippen LogP contribution in [-0.2, 0) is 28.7 Å². The largest absolute Gasteiger partial charge is 0.371 e. The Bertz CT molecular complexity index is 1670. The molecule has 7 heteroatoms. The first-order valence-electron chi connectivity index (χ1n) is 15.4. The molecule has 2 saturated heterocycles. The summed E-state index contributed by atoms with van der Waals surface area (Å²) in [4.78, 5) is 21.6. The maximum Gasteiger partial charge on any atom is 0.261 e. The van der Waals surface area contributed by atoms with Crippen LogP contribution in [0.2, 0.25) is 0 Å². The van der Waals surface area contributed by atoms with Crippen molar-refractivity contribution in [2.75, 3.05) is 31.2 Å². The van der Waals surface area contributed by atoms with Gasteiger partial charge in [-0.2, -0.15) is 5.26 Å². The number of rotatable bonds is 8. The number of nitrogens with zero attached hydrogens (tertiary/aromatic N) is 4. The number of nitriles is 1. The number of benzene rings is 3. The monoisotopic (exact) mass is 574 g/mol. The molecule has 43 heavy (non-hydrogen) atoms. The van der Waals surface area contributed by atoms with Crippen molar-refractivity contribution in [1.29, 1.82) is 5.26 Å². The zero-order chi connectivity index (χ0) is 29.8. The molecule has 6 rings (SSSR count). The molecule has 2 aliphatic rings. The molecule has 0 saturated carbocycles. The lowest BCUT2D eigenvalue weighted by molar-refractivity contribution is -0.169. The number of aryl methyl sites for hydroxylation is 2. The quantitative estimate of drug-likeness (QED) is 0.249. The minimum atomic E-state index is -0.399. The second-order valence-corrected chi connectivity index (χ2v) is 11.3. The average Bonchev–Trinajstić information content (AvgIpc) is 3.51. The maximum atomic E-state index is 14.2. The van der Waals surface area contributed by atoms with Gasteiger partial charge in [-0.3, -0.25) is 9.36 Å². The molecular weight excluding hydrogens is 536 g/mol. The Hall–Kier alpha value is -4.25. The third kappa shape index (κ3) is 5.86. The molecule has 2 fully saturated rings. The summed E-state index contributed by atoms with van der Waals surface area (Å²) in [5.74, 6) is 0.382. The highest BCUT2D eigenvalue weighted by Crippen LogP contribution is 2.33. The Balaban J connectivity index is 1.28. The van der Waals surface area contributed by atoms with Crippen LogP contribution in [0.4, 0.5) is 5.69 Å². The van der Waals surface area contributed by atoms with E-state index >= 15 is 0 Å². The van der Waals surface area contributed by atoms with Crippen molar-refractivity contribution in [3.8, 4) is 22.9 Å². The summed E-state index contributed by atoms with van der Waals surface area (Å²) in [5.41, 5.74) is 7.18. The molecule has 0 N–H and O–H groups in total. The van der Waals surface area contributed by atoms with Crippen LogP contribution >= 0.6 is 0 Å². The summed E-state index contributed by atoms with van der Waals surface area (Å²) in [6, 6.07) is 26.3.